The summed E-state index contributed by atoms with van der Waals surface area (Å²) in [5.74, 6) is 0.229. The Labute approximate surface area is 160 Å². The standard InChI is InChI=1S/C21H18N4O3/c22-20(28)24-6-4-13-14-8-16(23-15(14)1-2-17(13)24)19(27)25-10-11-9-21(11)5-3-12(26)7-18(21)25/h1-3,5,7-8,11,23H,4,6,9-10H2,(H2,22,28). The summed E-state index contributed by atoms with van der Waals surface area (Å²) < 4.78 is 0. The number of aromatic nitrogens is 1. The molecule has 1 saturated carbocycles. The molecule has 1 saturated heterocycles. The lowest BCUT2D eigenvalue weighted by Crippen LogP contribution is -2.33. The van der Waals surface area contributed by atoms with Gasteiger partial charge in [0.1, 0.15) is 5.69 Å². The summed E-state index contributed by atoms with van der Waals surface area (Å²) >= 11 is 0. The van der Waals surface area contributed by atoms with Gasteiger partial charge in [0, 0.05) is 46.9 Å². The molecule has 7 nitrogen and oxygen atoms in total. The number of nitrogens with one attached hydrogen (secondary N) is 1. The van der Waals surface area contributed by atoms with Crippen LogP contribution in [0.4, 0.5) is 10.5 Å². The summed E-state index contributed by atoms with van der Waals surface area (Å²) in [4.78, 5) is 43.3. The minimum absolute atomic E-state index is 0.0630. The molecule has 0 bridgehead atoms. The van der Waals surface area contributed by atoms with Crippen molar-refractivity contribution in [3.8, 4) is 0 Å². The zero-order chi connectivity index (χ0) is 19.2. The van der Waals surface area contributed by atoms with Crippen LogP contribution in [0.2, 0.25) is 0 Å². The number of carbonyl (C=O) groups excluding carboxylic acids is 3. The molecule has 2 atom stereocenters. The molecule has 0 radical (unpaired) electrons. The van der Waals surface area contributed by atoms with Crippen molar-refractivity contribution in [2.24, 2.45) is 17.1 Å². The number of nitrogens with zero attached hydrogens (tertiary/aromatic N) is 2. The van der Waals surface area contributed by atoms with E-state index in [1.165, 1.54) is 0 Å². The molecule has 2 aromatic rings. The SMILES string of the molecule is NC(=O)N1CCc2c1ccc1[nH]c(C(=O)N3CC4CC45C=CC(=O)C=C35)cc21. The van der Waals surface area contributed by atoms with Crippen LogP contribution in [0.25, 0.3) is 10.9 Å². The topological polar surface area (TPSA) is 99.5 Å². The molecule has 1 aromatic heterocycles. The number of primary amides is 1. The van der Waals surface area contributed by atoms with Gasteiger partial charge in [-0.2, -0.15) is 0 Å². The Morgan fingerprint density at radius 3 is 2.93 bits per heavy atom. The van der Waals surface area contributed by atoms with Crippen LogP contribution in [0.3, 0.4) is 0 Å². The van der Waals surface area contributed by atoms with Crippen LogP contribution in [-0.2, 0) is 11.2 Å². The number of fused-ring (bicyclic) bond motifs is 3. The number of piperidine rings is 1. The second kappa shape index (κ2) is 4.92. The number of carbonyl (C=O) groups is 3. The number of hydrogen-bond acceptors (Lipinski definition) is 3. The van der Waals surface area contributed by atoms with E-state index >= 15 is 0 Å². The van der Waals surface area contributed by atoms with Crippen molar-refractivity contribution in [1.82, 2.24) is 9.88 Å². The summed E-state index contributed by atoms with van der Waals surface area (Å²) in [6, 6.07) is 5.14. The van der Waals surface area contributed by atoms with Gasteiger partial charge in [-0.15, -0.1) is 0 Å². The van der Waals surface area contributed by atoms with Gasteiger partial charge in [-0.3, -0.25) is 14.5 Å². The fourth-order valence-corrected chi connectivity index (χ4v) is 5.17. The molecule has 140 valence electrons. The highest BCUT2D eigenvalue weighted by molar-refractivity contribution is 6.06. The first-order chi connectivity index (χ1) is 13.5. The van der Waals surface area contributed by atoms with Gasteiger partial charge in [-0.25, -0.2) is 4.79 Å². The van der Waals surface area contributed by atoms with Crippen molar-refractivity contribution in [3.63, 3.8) is 0 Å². The molecule has 3 N–H and O–H groups in total. The maximum Gasteiger partial charge on any atom is 0.319 e. The quantitative estimate of drug-likeness (QED) is 0.799. The zero-order valence-electron chi connectivity index (χ0n) is 15.1. The second-order valence-electron chi connectivity index (χ2n) is 8.07. The van der Waals surface area contributed by atoms with E-state index in [9.17, 15) is 14.4 Å². The summed E-state index contributed by atoms with van der Waals surface area (Å²) in [6.45, 7) is 1.20. The predicted octanol–water partition coefficient (Wildman–Crippen LogP) is 2.09. The Morgan fingerprint density at radius 2 is 2.11 bits per heavy atom. The first kappa shape index (κ1) is 15.7. The maximum atomic E-state index is 13.2. The lowest BCUT2D eigenvalue weighted by atomic mass is 9.95. The highest BCUT2D eigenvalue weighted by Crippen LogP contribution is 2.65. The number of nitrogens with two attached hydrogens (primary N) is 1. The van der Waals surface area contributed by atoms with Crippen molar-refractivity contribution in [3.05, 3.63) is 53.4 Å². The number of urea groups is 1. The highest BCUT2D eigenvalue weighted by atomic mass is 16.2. The number of allylic oxidation sites excluding steroid dienone is 3. The van der Waals surface area contributed by atoms with Crippen molar-refractivity contribution >= 4 is 34.3 Å². The van der Waals surface area contributed by atoms with E-state index in [2.05, 4.69) is 4.98 Å². The van der Waals surface area contributed by atoms with Crippen molar-refractivity contribution in [2.75, 3.05) is 18.0 Å². The van der Waals surface area contributed by atoms with E-state index in [0.29, 0.717) is 31.1 Å². The van der Waals surface area contributed by atoms with Crippen molar-refractivity contribution < 1.29 is 14.4 Å². The van der Waals surface area contributed by atoms with Gasteiger partial charge < -0.3 is 15.6 Å². The summed E-state index contributed by atoms with van der Waals surface area (Å²) in [6.07, 6.45) is 6.92. The second-order valence-corrected chi connectivity index (χ2v) is 8.07. The van der Waals surface area contributed by atoms with Crippen LogP contribution in [0.5, 0.6) is 0 Å². The number of hydrogen-bond donors (Lipinski definition) is 2. The molecule has 1 spiro atoms. The van der Waals surface area contributed by atoms with Crippen LogP contribution >= 0.6 is 0 Å². The van der Waals surface area contributed by atoms with Gasteiger partial charge in [0.2, 0.25) is 0 Å². The first-order valence-corrected chi connectivity index (χ1v) is 9.47. The molecule has 3 amide bonds. The predicted molar refractivity (Wildman–Crippen MR) is 103 cm³/mol. The third-order valence-electron chi connectivity index (χ3n) is 6.66. The molecule has 4 aliphatic rings. The van der Waals surface area contributed by atoms with E-state index in [4.69, 9.17) is 5.73 Å². The minimum Gasteiger partial charge on any atom is -0.351 e. The number of rotatable bonds is 1. The van der Waals surface area contributed by atoms with Crippen LogP contribution in [0, 0.1) is 11.3 Å². The van der Waals surface area contributed by atoms with Gasteiger partial charge in [0.15, 0.2) is 5.78 Å². The van der Waals surface area contributed by atoms with Crippen LogP contribution in [0.15, 0.2) is 42.1 Å². The number of amides is 3. The van der Waals surface area contributed by atoms with Gasteiger partial charge in [0.05, 0.1) is 0 Å². The molecule has 7 heteroatoms. The van der Waals surface area contributed by atoms with E-state index in [1.54, 1.807) is 22.0 Å². The van der Waals surface area contributed by atoms with E-state index < -0.39 is 6.03 Å². The number of benzene rings is 1. The molecule has 1 aromatic carbocycles. The maximum absolute atomic E-state index is 13.2. The smallest absolute Gasteiger partial charge is 0.319 e. The fraction of sp³-hybridized carbons (Fsp3) is 0.286. The van der Waals surface area contributed by atoms with Gasteiger partial charge in [-0.1, -0.05) is 6.08 Å². The average molecular weight is 374 g/mol. The Hall–Kier alpha value is -3.35. The Kier molecular flexibility index (Phi) is 2.76. The Balaban J connectivity index is 1.39. The van der Waals surface area contributed by atoms with Gasteiger partial charge in [-0.05, 0) is 48.6 Å². The molecule has 2 aliphatic heterocycles. The average Bonchev–Trinajstić information content (AvgIpc) is 3.05. The first-order valence-electron chi connectivity index (χ1n) is 9.47. The molecule has 6 rings (SSSR count). The lowest BCUT2D eigenvalue weighted by Gasteiger charge is -2.24. The number of ketones is 1. The largest absolute Gasteiger partial charge is 0.351 e. The third-order valence-corrected chi connectivity index (χ3v) is 6.66. The van der Waals surface area contributed by atoms with Crippen LogP contribution in [0.1, 0.15) is 22.5 Å². The summed E-state index contributed by atoms with van der Waals surface area (Å²) in [7, 11) is 0. The molecular weight excluding hydrogens is 356 g/mol. The number of likely N-dealkylation sites (tertiary alicyclic amines) is 1. The van der Waals surface area contributed by atoms with E-state index in [-0.39, 0.29) is 17.1 Å². The van der Waals surface area contributed by atoms with E-state index in [1.807, 2.05) is 24.3 Å². The molecule has 28 heavy (non-hydrogen) atoms. The van der Waals surface area contributed by atoms with Gasteiger partial charge in [0.25, 0.3) is 5.91 Å². The van der Waals surface area contributed by atoms with Crippen molar-refractivity contribution in [1.29, 1.82) is 0 Å². The van der Waals surface area contributed by atoms with Crippen molar-refractivity contribution in [2.45, 2.75) is 12.8 Å². The summed E-state index contributed by atoms with van der Waals surface area (Å²) in [5.41, 5.74) is 9.38. The molecule has 2 aliphatic carbocycles. The number of anilines is 1. The number of H-pyrrole nitrogens is 1. The third kappa shape index (κ3) is 1.86. The molecule has 3 heterocycles. The lowest BCUT2D eigenvalue weighted by molar-refractivity contribution is -0.110. The molecular formula is C21H18N4O3. The zero-order valence-corrected chi connectivity index (χ0v) is 15.1. The highest BCUT2D eigenvalue weighted by Gasteiger charge is 2.63. The number of aromatic amines is 1. The minimum atomic E-state index is -0.464. The van der Waals surface area contributed by atoms with Gasteiger partial charge >= 0.3 is 6.03 Å². The van der Waals surface area contributed by atoms with Crippen LogP contribution < -0.4 is 10.6 Å². The fourth-order valence-electron chi connectivity index (χ4n) is 5.17. The summed E-state index contributed by atoms with van der Waals surface area (Å²) in [5, 5.41) is 0.942. The molecule has 2 unspecified atom stereocenters. The monoisotopic (exact) mass is 374 g/mol. The Bertz CT molecular complexity index is 1170. The normalized spacial score (nSPS) is 26.9. The van der Waals surface area contributed by atoms with E-state index in [0.717, 1.165) is 34.3 Å². The molecule has 2 fully saturated rings. The van der Waals surface area contributed by atoms with Crippen LogP contribution in [-0.4, -0.2) is 40.7 Å². The Morgan fingerprint density at radius 1 is 1.25 bits per heavy atom.